The van der Waals surface area contributed by atoms with Gasteiger partial charge in [0.2, 0.25) is 0 Å². The van der Waals surface area contributed by atoms with Crippen LogP contribution in [0.25, 0.3) is 10.9 Å². The van der Waals surface area contributed by atoms with Crippen molar-refractivity contribution in [2.24, 2.45) is 0 Å². The number of nitrogens with zero attached hydrogens (tertiary/aromatic N) is 2. The molecular formula is C15H21N2O5P2+. The molecule has 130 valence electrons. The van der Waals surface area contributed by atoms with Crippen molar-refractivity contribution in [3.05, 3.63) is 36.0 Å². The van der Waals surface area contributed by atoms with Gasteiger partial charge in [0.05, 0.1) is 31.5 Å². The molecule has 0 N–H and O–H groups in total. The second-order valence-electron chi connectivity index (χ2n) is 4.77. The molecule has 0 aliphatic heterocycles. The van der Waals surface area contributed by atoms with Gasteiger partial charge in [-0.25, -0.2) is 0 Å². The molecule has 7 nitrogen and oxygen atoms in total. The second kappa shape index (κ2) is 8.75. The van der Waals surface area contributed by atoms with Gasteiger partial charge in [-0.2, -0.15) is 10.2 Å². The fraction of sp³-hybridized carbons (Fsp3) is 0.467. The first-order chi connectivity index (χ1) is 11.6. The highest BCUT2D eigenvalue weighted by atomic mass is 31.2. The number of hydrogen-bond acceptors (Lipinski definition) is 7. The average Bonchev–Trinajstić information content (AvgIpc) is 2.56. The molecule has 1 aromatic heterocycles. The quantitative estimate of drug-likeness (QED) is 0.592. The number of rotatable bonds is 9. The highest BCUT2D eigenvalue weighted by Crippen LogP contribution is 2.70. The van der Waals surface area contributed by atoms with Crippen LogP contribution in [0.15, 0.2) is 30.5 Å². The van der Waals surface area contributed by atoms with Gasteiger partial charge in [-0.15, -0.1) is 4.52 Å². The Labute approximate surface area is 142 Å². The fourth-order valence-corrected chi connectivity index (χ4v) is 6.34. The molecule has 0 aliphatic carbocycles. The summed E-state index contributed by atoms with van der Waals surface area (Å²) in [7, 11) is -6.05. The molecule has 0 radical (unpaired) electrons. The Morgan fingerprint density at radius 3 is 2.42 bits per heavy atom. The van der Waals surface area contributed by atoms with Crippen LogP contribution < -0.4 is 0 Å². The SMILES string of the molecule is CCO[P+](=O)C(c1cnnc2ccccc12)P(=O)(OCC)OCC. The van der Waals surface area contributed by atoms with Crippen molar-refractivity contribution in [2.45, 2.75) is 26.2 Å². The standard InChI is InChI=1S/C15H21N2O5P2/c1-4-20-23(18)15(24(19,21-5-2)22-6-3)13-11-16-17-14-10-8-7-9-12(13)14/h7-11,15H,4-6H2,1-3H3/q+1. The Kier molecular flexibility index (Phi) is 6.96. The van der Waals surface area contributed by atoms with E-state index in [4.69, 9.17) is 13.6 Å². The van der Waals surface area contributed by atoms with Crippen LogP contribution in [0.2, 0.25) is 0 Å². The third kappa shape index (κ3) is 4.05. The molecule has 2 unspecified atom stereocenters. The maximum absolute atomic E-state index is 13.3. The summed E-state index contributed by atoms with van der Waals surface area (Å²) >= 11 is 0. The Hall–Kier alpha value is -1.23. The summed E-state index contributed by atoms with van der Waals surface area (Å²) in [5.41, 5.74) is 1.10. The molecule has 0 fully saturated rings. The van der Waals surface area contributed by atoms with E-state index in [0.29, 0.717) is 16.5 Å². The van der Waals surface area contributed by atoms with Gasteiger partial charge in [0.15, 0.2) is 0 Å². The van der Waals surface area contributed by atoms with Gasteiger partial charge in [-0.1, -0.05) is 18.2 Å². The molecule has 0 spiro atoms. The van der Waals surface area contributed by atoms with E-state index < -0.39 is 21.0 Å². The third-order valence-electron chi connectivity index (χ3n) is 3.23. The summed E-state index contributed by atoms with van der Waals surface area (Å²) in [6.45, 7) is 5.69. The third-order valence-corrected chi connectivity index (χ3v) is 7.95. The molecule has 0 amide bonds. The minimum Gasteiger partial charge on any atom is -0.305 e. The second-order valence-corrected chi connectivity index (χ2v) is 8.63. The molecule has 1 aromatic carbocycles. The smallest absolute Gasteiger partial charge is 0.305 e. The Morgan fingerprint density at radius 1 is 1.12 bits per heavy atom. The van der Waals surface area contributed by atoms with E-state index in [1.54, 1.807) is 26.8 Å². The van der Waals surface area contributed by atoms with Crippen LogP contribution in [-0.2, 0) is 22.7 Å². The fourth-order valence-electron chi connectivity index (χ4n) is 2.37. The molecule has 0 saturated carbocycles. The van der Waals surface area contributed by atoms with Crippen molar-refractivity contribution in [2.75, 3.05) is 19.8 Å². The Balaban J connectivity index is 2.65. The molecule has 24 heavy (non-hydrogen) atoms. The van der Waals surface area contributed by atoms with Crippen LogP contribution in [0.5, 0.6) is 0 Å². The summed E-state index contributed by atoms with van der Waals surface area (Å²) in [4.78, 5) is 0. The van der Waals surface area contributed by atoms with Crippen molar-refractivity contribution in [1.82, 2.24) is 10.2 Å². The molecule has 0 aliphatic rings. The zero-order chi connectivity index (χ0) is 17.6. The molecule has 1 heterocycles. The minimum absolute atomic E-state index is 0.166. The minimum atomic E-state index is -3.72. The maximum atomic E-state index is 13.3. The van der Waals surface area contributed by atoms with Crippen molar-refractivity contribution < 1.29 is 22.7 Å². The van der Waals surface area contributed by atoms with Crippen LogP contribution in [0.4, 0.5) is 0 Å². The van der Waals surface area contributed by atoms with Gasteiger partial charge in [0.25, 0.3) is 0 Å². The summed E-state index contributed by atoms with van der Waals surface area (Å²) in [6, 6.07) is 7.24. The average molecular weight is 371 g/mol. The largest absolute Gasteiger partial charge is 0.529 e. The van der Waals surface area contributed by atoms with E-state index in [-0.39, 0.29) is 19.8 Å². The number of aromatic nitrogens is 2. The van der Waals surface area contributed by atoms with Crippen LogP contribution in [0, 0.1) is 0 Å². The van der Waals surface area contributed by atoms with Crippen molar-refractivity contribution in [3.8, 4) is 0 Å². The molecule has 2 atom stereocenters. The number of benzene rings is 1. The Bertz CT molecular complexity index is 740. The highest BCUT2D eigenvalue weighted by molar-refractivity contribution is 7.66. The van der Waals surface area contributed by atoms with E-state index in [2.05, 4.69) is 10.2 Å². The van der Waals surface area contributed by atoms with Gasteiger partial charge >= 0.3 is 21.0 Å². The first-order valence-electron chi connectivity index (χ1n) is 7.75. The maximum Gasteiger partial charge on any atom is 0.529 e. The lowest BCUT2D eigenvalue weighted by Crippen LogP contribution is -2.07. The summed E-state index contributed by atoms with van der Waals surface area (Å²) in [5, 5.41) is 7.62. The predicted molar refractivity (Wildman–Crippen MR) is 92.4 cm³/mol. The lowest BCUT2D eigenvalue weighted by molar-refractivity contribution is 0.216. The predicted octanol–water partition coefficient (Wildman–Crippen LogP) is 4.67. The zero-order valence-electron chi connectivity index (χ0n) is 13.9. The zero-order valence-corrected chi connectivity index (χ0v) is 15.7. The van der Waals surface area contributed by atoms with Crippen molar-refractivity contribution >= 4 is 26.5 Å². The molecule has 9 heteroatoms. The molecule has 0 saturated heterocycles. The van der Waals surface area contributed by atoms with Crippen molar-refractivity contribution in [1.29, 1.82) is 0 Å². The molecule has 0 bridgehead atoms. The lowest BCUT2D eigenvalue weighted by atomic mass is 10.1. The van der Waals surface area contributed by atoms with Crippen LogP contribution in [-0.4, -0.2) is 30.0 Å². The molecule has 2 rings (SSSR count). The van der Waals surface area contributed by atoms with E-state index in [1.165, 1.54) is 6.20 Å². The van der Waals surface area contributed by atoms with Gasteiger partial charge in [-0.05, 0) is 31.4 Å². The van der Waals surface area contributed by atoms with Crippen molar-refractivity contribution in [3.63, 3.8) is 0 Å². The monoisotopic (exact) mass is 371 g/mol. The van der Waals surface area contributed by atoms with Crippen LogP contribution >= 0.6 is 15.6 Å². The summed E-state index contributed by atoms with van der Waals surface area (Å²) in [6.07, 6.45) is 1.45. The molecular weight excluding hydrogens is 350 g/mol. The van der Waals surface area contributed by atoms with E-state index in [0.717, 1.165) is 0 Å². The van der Waals surface area contributed by atoms with E-state index in [9.17, 15) is 9.13 Å². The van der Waals surface area contributed by atoms with Gasteiger partial charge in [0, 0.05) is 10.9 Å². The van der Waals surface area contributed by atoms with E-state index in [1.807, 2.05) is 18.2 Å². The lowest BCUT2D eigenvalue weighted by Gasteiger charge is -2.19. The van der Waals surface area contributed by atoms with Gasteiger partial charge in [0.1, 0.15) is 0 Å². The molecule has 2 aromatic rings. The first-order valence-corrected chi connectivity index (χ1v) is 10.6. The first kappa shape index (κ1) is 19.1. The number of hydrogen-bond donors (Lipinski definition) is 0. The normalized spacial score (nSPS) is 13.9. The summed E-state index contributed by atoms with van der Waals surface area (Å²) < 4.78 is 42.2. The number of fused-ring (bicyclic) bond motifs is 1. The summed E-state index contributed by atoms with van der Waals surface area (Å²) in [5.74, 6) is 0. The highest BCUT2D eigenvalue weighted by Gasteiger charge is 2.53. The van der Waals surface area contributed by atoms with Crippen LogP contribution in [0.3, 0.4) is 0 Å². The van der Waals surface area contributed by atoms with Gasteiger partial charge in [-0.3, -0.25) is 4.57 Å². The topological polar surface area (TPSA) is 87.6 Å². The Morgan fingerprint density at radius 2 is 1.79 bits per heavy atom. The van der Waals surface area contributed by atoms with E-state index >= 15 is 0 Å². The van der Waals surface area contributed by atoms with Gasteiger partial charge < -0.3 is 9.05 Å². The van der Waals surface area contributed by atoms with Crippen LogP contribution in [0.1, 0.15) is 31.7 Å².